The van der Waals surface area contributed by atoms with E-state index in [9.17, 15) is 14.4 Å². The summed E-state index contributed by atoms with van der Waals surface area (Å²) in [4.78, 5) is 34.9. The second-order valence-electron chi connectivity index (χ2n) is 4.38. The topological polar surface area (TPSA) is 84.5 Å². The van der Waals surface area contributed by atoms with Crippen LogP contribution >= 0.6 is 0 Å². The predicted octanol–water partition coefficient (Wildman–Crippen LogP) is 1.89. The third-order valence-electron chi connectivity index (χ3n) is 2.76. The maximum atomic E-state index is 11.8. The summed E-state index contributed by atoms with van der Waals surface area (Å²) in [5, 5.41) is 4.62. The minimum absolute atomic E-state index is 0.0677. The zero-order chi connectivity index (χ0) is 15.8. The Morgan fingerprint density at radius 2 is 1.86 bits per heavy atom. The number of Topliss-reactive ketones (excluding diaryl/α,β-unsaturated/α-hetero) is 1. The number of ether oxygens (including phenoxy) is 1. The summed E-state index contributed by atoms with van der Waals surface area (Å²) in [7, 11) is 0. The molecule has 2 N–H and O–H groups in total. The average molecular weight is 292 g/mol. The van der Waals surface area contributed by atoms with Crippen LogP contribution in [-0.4, -0.2) is 30.4 Å². The molecule has 1 atom stereocenters. The number of amides is 3. The van der Waals surface area contributed by atoms with Crippen LogP contribution in [0.25, 0.3) is 0 Å². The Hall–Kier alpha value is -2.37. The van der Waals surface area contributed by atoms with Crippen molar-refractivity contribution in [1.29, 1.82) is 0 Å². The second-order valence-corrected chi connectivity index (χ2v) is 4.38. The molecule has 114 valence electrons. The molecule has 6 heteroatoms. The molecule has 0 aliphatic carbocycles. The number of ketones is 1. The summed E-state index contributed by atoms with van der Waals surface area (Å²) in [5.41, 5.74) is 0.428. The molecule has 0 bridgehead atoms. The number of urea groups is 1. The van der Waals surface area contributed by atoms with Crippen molar-refractivity contribution in [3.8, 4) is 5.75 Å². The number of carbonyl (C=O) groups excluding carboxylic acids is 3. The van der Waals surface area contributed by atoms with Crippen LogP contribution in [0.4, 0.5) is 4.79 Å². The zero-order valence-electron chi connectivity index (χ0n) is 12.4. The zero-order valence-corrected chi connectivity index (χ0v) is 12.4. The van der Waals surface area contributed by atoms with Crippen molar-refractivity contribution >= 4 is 17.7 Å². The number of rotatable bonds is 6. The van der Waals surface area contributed by atoms with Crippen molar-refractivity contribution in [3.05, 3.63) is 29.8 Å². The van der Waals surface area contributed by atoms with Gasteiger partial charge >= 0.3 is 6.03 Å². The third kappa shape index (κ3) is 4.91. The number of benzene rings is 1. The average Bonchev–Trinajstić information content (AvgIpc) is 2.47. The van der Waals surface area contributed by atoms with Crippen LogP contribution in [0.1, 0.15) is 37.6 Å². The van der Waals surface area contributed by atoms with Crippen LogP contribution in [0, 0.1) is 0 Å². The van der Waals surface area contributed by atoms with Crippen LogP contribution < -0.4 is 15.4 Å². The number of imide groups is 1. The van der Waals surface area contributed by atoms with Crippen molar-refractivity contribution in [2.75, 3.05) is 6.54 Å². The van der Waals surface area contributed by atoms with Crippen LogP contribution in [0.3, 0.4) is 0 Å². The molecule has 0 aliphatic rings. The van der Waals surface area contributed by atoms with Gasteiger partial charge in [0.1, 0.15) is 5.75 Å². The molecule has 0 aromatic heterocycles. The van der Waals surface area contributed by atoms with Crippen molar-refractivity contribution < 1.29 is 19.1 Å². The summed E-state index contributed by atoms with van der Waals surface area (Å²) < 4.78 is 5.50. The maximum Gasteiger partial charge on any atom is 0.321 e. The molecule has 1 aromatic carbocycles. The largest absolute Gasteiger partial charge is 0.480 e. The van der Waals surface area contributed by atoms with Gasteiger partial charge in [0.05, 0.1) is 5.56 Å². The summed E-state index contributed by atoms with van der Waals surface area (Å²) in [6, 6.07) is 6.15. The van der Waals surface area contributed by atoms with Crippen LogP contribution in [0.5, 0.6) is 5.75 Å². The number of nitrogens with one attached hydrogen (secondary N) is 2. The molecule has 21 heavy (non-hydrogen) atoms. The smallest absolute Gasteiger partial charge is 0.321 e. The number of hydrogen-bond donors (Lipinski definition) is 2. The fourth-order valence-corrected chi connectivity index (χ4v) is 1.65. The minimum atomic E-state index is -0.890. The van der Waals surface area contributed by atoms with E-state index in [-0.39, 0.29) is 5.78 Å². The normalized spacial score (nSPS) is 11.4. The van der Waals surface area contributed by atoms with E-state index in [0.29, 0.717) is 24.3 Å². The van der Waals surface area contributed by atoms with Gasteiger partial charge in [-0.2, -0.15) is 0 Å². The maximum absolute atomic E-state index is 11.8. The van der Waals surface area contributed by atoms with Gasteiger partial charge in [0, 0.05) is 13.0 Å². The molecule has 0 saturated heterocycles. The molecule has 1 unspecified atom stereocenters. The molecule has 0 heterocycles. The van der Waals surface area contributed by atoms with E-state index in [2.05, 4.69) is 10.6 Å². The van der Waals surface area contributed by atoms with Gasteiger partial charge in [0.25, 0.3) is 5.91 Å². The summed E-state index contributed by atoms with van der Waals surface area (Å²) in [6.45, 7) is 5.44. The quantitative estimate of drug-likeness (QED) is 0.784. The van der Waals surface area contributed by atoms with E-state index in [1.165, 1.54) is 6.92 Å². The summed E-state index contributed by atoms with van der Waals surface area (Å²) in [5.74, 6) is -0.301. The fraction of sp³-hybridized carbons (Fsp3) is 0.400. The number of carbonyl (C=O) groups is 3. The molecule has 0 aliphatic heterocycles. The Labute approximate surface area is 123 Å². The Balaban J connectivity index is 2.74. The summed E-state index contributed by atoms with van der Waals surface area (Å²) >= 11 is 0. The predicted molar refractivity (Wildman–Crippen MR) is 78.4 cm³/mol. The first-order valence-electron chi connectivity index (χ1n) is 6.87. The summed E-state index contributed by atoms with van der Waals surface area (Å²) in [6.07, 6.45) is -0.543. The second kappa shape index (κ2) is 8.04. The highest BCUT2D eigenvalue weighted by molar-refractivity contribution is 5.99. The van der Waals surface area contributed by atoms with E-state index in [1.807, 2.05) is 0 Å². The van der Waals surface area contributed by atoms with Gasteiger partial charge in [-0.05, 0) is 26.0 Å². The lowest BCUT2D eigenvalue weighted by molar-refractivity contribution is -0.126. The van der Waals surface area contributed by atoms with E-state index >= 15 is 0 Å². The molecule has 0 fully saturated rings. The van der Waals surface area contributed by atoms with Crippen molar-refractivity contribution in [3.63, 3.8) is 0 Å². The fourth-order valence-electron chi connectivity index (χ4n) is 1.65. The van der Waals surface area contributed by atoms with Crippen LogP contribution in [0.15, 0.2) is 24.3 Å². The van der Waals surface area contributed by atoms with Gasteiger partial charge in [-0.25, -0.2) is 4.79 Å². The molecular weight excluding hydrogens is 272 g/mol. The lowest BCUT2D eigenvalue weighted by atomic mass is 10.1. The van der Waals surface area contributed by atoms with E-state index in [1.54, 1.807) is 38.1 Å². The SMILES string of the molecule is CCNC(=O)NC(=O)C(C)Oc1ccccc1C(=O)CC. The number of hydrogen-bond acceptors (Lipinski definition) is 4. The van der Waals surface area contributed by atoms with Crippen LogP contribution in [0.2, 0.25) is 0 Å². The Bertz CT molecular complexity index is 528. The third-order valence-corrected chi connectivity index (χ3v) is 2.76. The van der Waals surface area contributed by atoms with Crippen molar-refractivity contribution in [2.45, 2.75) is 33.3 Å². The lowest BCUT2D eigenvalue weighted by Gasteiger charge is -2.16. The first-order chi connectivity index (χ1) is 9.99. The minimum Gasteiger partial charge on any atom is -0.480 e. The molecule has 3 amide bonds. The first kappa shape index (κ1) is 16.7. The van der Waals surface area contributed by atoms with Gasteiger partial charge in [-0.15, -0.1) is 0 Å². The van der Waals surface area contributed by atoms with Crippen molar-refractivity contribution in [2.24, 2.45) is 0 Å². The monoisotopic (exact) mass is 292 g/mol. The van der Waals surface area contributed by atoms with E-state index in [0.717, 1.165) is 0 Å². The molecule has 6 nitrogen and oxygen atoms in total. The van der Waals surface area contributed by atoms with Gasteiger partial charge in [0.2, 0.25) is 0 Å². The molecular formula is C15H20N2O4. The highest BCUT2D eigenvalue weighted by atomic mass is 16.5. The van der Waals surface area contributed by atoms with Gasteiger partial charge in [-0.3, -0.25) is 14.9 Å². The number of para-hydroxylation sites is 1. The van der Waals surface area contributed by atoms with Gasteiger partial charge < -0.3 is 10.1 Å². The molecule has 1 aromatic rings. The molecule has 0 radical (unpaired) electrons. The molecule has 0 spiro atoms. The van der Waals surface area contributed by atoms with Gasteiger partial charge in [-0.1, -0.05) is 19.1 Å². The lowest BCUT2D eigenvalue weighted by Crippen LogP contribution is -2.45. The standard InChI is InChI=1S/C15H20N2O4/c1-4-12(18)11-8-6-7-9-13(11)21-10(3)14(19)17-15(20)16-5-2/h6-10H,4-5H2,1-3H3,(H2,16,17,19,20). The Kier molecular flexibility index (Phi) is 6.39. The van der Waals surface area contributed by atoms with E-state index < -0.39 is 18.0 Å². The Morgan fingerprint density at radius 3 is 2.48 bits per heavy atom. The van der Waals surface area contributed by atoms with E-state index in [4.69, 9.17) is 4.74 Å². The van der Waals surface area contributed by atoms with Gasteiger partial charge in [0.15, 0.2) is 11.9 Å². The first-order valence-corrected chi connectivity index (χ1v) is 6.87. The highest BCUT2D eigenvalue weighted by Gasteiger charge is 2.19. The molecule has 0 saturated carbocycles. The van der Waals surface area contributed by atoms with Crippen molar-refractivity contribution in [1.82, 2.24) is 10.6 Å². The Morgan fingerprint density at radius 1 is 1.19 bits per heavy atom. The molecule has 1 rings (SSSR count). The highest BCUT2D eigenvalue weighted by Crippen LogP contribution is 2.20. The van der Waals surface area contributed by atoms with Crippen LogP contribution in [-0.2, 0) is 4.79 Å².